The van der Waals surface area contributed by atoms with Gasteiger partial charge in [0.1, 0.15) is 5.82 Å². The number of H-pyrrole nitrogens is 1. The van der Waals surface area contributed by atoms with Crippen LogP contribution in [0, 0.1) is 0 Å². The van der Waals surface area contributed by atoms with E-state index in [-0.39, 0.29) is 5.41 Å². The molecule has 1 saturated carbocycles. The SMILES string of the molecule is Brc1ccc(C2(c3nc4ccccc4[nH]3)CCC2)cc1. The summed E-state index contributed by atoms with van der Waals surface area (Å²) in [6.07, 6.45) is 3.62. The normalized spacial score (nSPS) is 17.1. The summed E-state index contributed by atoms with van der Waals surface area (Å²) >= 11 is 3.51. The number of aromatic nitrogens is 2. The van der Waals surface area contributed by atoms with Crippen molar-refractivity contribution in [2.75, 3.05) is 0 Å². The van der Waals surface area contributed by atoms with Crippen molar-refractivity contribution in [3.8, 4) is 0 Å². The predicted molar refractivity (Wildman–Crippen MR) is 84.9 cm³/mol. The van der Waals surface area contributed by atoms with Crippen molar-refractivity contribution in [2.45, 2.75) is 24.7 Å². The van der Waals surface area contributed by atoms with Gasteiger partial charge in [0.05, 0.1) is 16.4 Å². The highest BCUT2D eigenvalue weighted by molar-refractivity contribution is 9.10. The van der Waals surface area contributed by atoms with Gasteiger partial charge in [-0.2, -0.15) is 0 Å². The number of fused-ring (bicyclic) bond motifs is 1. The lowest BCUT2D eigenvalue weighted by molar-refractivity contribution is 0.287. The Morgan fingerprint density at radius 2 is 1.75 bits per heavy atom. The molecule has 0 atom stereocenters. The highest BCUT2D eigenvalue weighted by atomic mass is 79.9. The van der Waals surface area contributed by atoms with Crippen LogP contribution in [0.5, 0.6) is 0 Å². The number of nitrogens with one attached hydrogen (secondary N) is 1. The molecule has 0 aliphatic heterocycles. The summed E-state index contributed by atoms with van der Waals surface area (Å²) in [7, 11) is 0. The predicted octanol–water partition coefficient (Wildman–Crippen LogP) is 4.80. The van der Waals surface area contributed by atoms with Crippen molar-refractivity contribution < 1.29 is 0 Å². The third kappa shape index (κ3) is 1.73. The number of imidazole rings is 1. The van der Waals surface area contributed by atoms with Crippen molar-refractivity contribution in [3.63, 3.8) is 0 Å². The van der Waals surface area contributed by atoms with Gasteiger partial charge in [0, 0.05) is 4.47 Å². The quantitative estimate of drug-likeness (QED) is 0.720. The lowest BCUT2D eigenvalue weighted by Gasteiger charge is -2.40. The Morgan fingerprint density at radius 3 is 2.40 bits per heavy atom. The first-order valence-corrected chi connectivity index (χ1v) is 7.79. The van der Waals surface area contributed by atoms with E-state index in [1.165, 1.54) is 24.8 Å². The van der Waals surface area contributed by atoms with E-state index in [1.54, 1.807) is 0 Å². The van der Waals surface area contributed by atoms with Crippen LogP contribution in [-0.4, -0.2) is 9.97 Å². The fourth-order valence-electron chi connectivity index (χ4n) is 3.14. The molecule has 0 radical (unpaired) electrons. The molecule has 1 N–H and O–H groups in total. The molecule has 0 spiro atoms. The molecule has 100 valence electrons. The van der Waals surface area contributed by atoms with Crippen molar-refractivity contribution in [3.05, 3.63) is 64.4 Å². The topological polar surface area (TPSA) is 28.7 Å². The van der Waals surface area contributed by atoms with E-state index in [4.69, 9.17) is 4.98 Å². The van der Waals surface area contributed by atoms with E-state index < -0.39 is 0 Å². The summed E-state index contributed by atoms with van der Waals surface area (Å²) in [5.74, 6) is 1.12. The number of rotatable bonds is 2. The minimum Gasteiger partial charge on any atom is -0.341 e. The average molecular weight is 327 g/mol. The third-order valence-corrected chi connectivity index (χ3v) is 4.98. The number of halogens is 1. The molecule has 1 aliphatic rings. The van der Waals surface area contributed by atoms with Gasteiger partial charge in [-0.3, -0.25) is 0 Å². The molecule has 0 saturated heterocycles. The Morgan fingerprint density at radius 1 is 1.00 bits per heavy atom. The maximum absolute atomic E-state index is 4.84. The molecular formula is C17H15BrN2. The summed E-state index contributed by atoms with van der Waals surface area (Å²) in [5, 5.41) is 0. The number of aromatic amines is 1. The van der Waals surface area contributed by atoms with Crippen molar-refractivity contribution in [1.29, 1.82) is 0 Å². The van der Waals surface area contributed by atoms with Crippen LogP contribution in [0.3, 0.4) is 0 Å². The molecule has 0 bridgehead atoms. The lowest BCUT2D eigenvalue weighted by atomic mass is 9.64. The van der Waals surface area contributed by atoms with E-state index in [0.717, 1.165) is 21.3 Å². The van der Waals surface area contributed by atoms with E-state index in [0.29, 0.717) is 0 Å². The fourth-order valence-corrected chi connectivity index (χ4v) is 3.41. The third-order valence-electron chi connectivity index (χ3n) is 4.45. The van der Waals surface area contributed by atoms with Crippen LogP contribution in [0.15, 0.2) is 53.0 Å². The second-order valence-electron chi connectivity index (χ2n) is 5.55. The zero-order valence-corrected chi connectivity index (χ0v) is 12.7. The van der Waals surface area contributed by atoms with Gasteiger partial charge in [0.2, 0.25) is 0 Å². The minimum absolute atomic E-state index is 0.0831. The van der Waals surface area contributed by atoms with Crippen molar-refractivity contribution in [1.82, 2.24) is 9.97 Å². The summed E-state index contributed by atoms with van der Waals surface area (Å²) in [4.78, 5) is 8.37. The minimum atomic E-state index is 0.0831. The average Bonchev–Trinajstić information content (AvgIpc) is 2.83. The first-order valence-electron chi connectivity index (χ1n) is 6.99. The molecule has 1 heterocycles. The van der Waals surface area contributed by atoms with Crippen molar-refractivity contribution in [2.24, 2.45) is 0 Å². The van der Waals surface area contributed by atoms with E-state index in [9.17, 15) is 0 Å². The monoisotopic (exact) mass is 326 g/mol. The maximum atomic E-state index is 4.84. The first-order chi connectivity index (χ1) is 9.78. The Kier molecular flexibility index (Phi) is 2.71. The van der Waals surface area contributed by atoms with Gasteiger partial charge in [0.25, 0.3) is 0 Å². The molecule has 20 heavy (non-hydrogen) atoms. The van der Waals surface area contributed by atoms with Crippen molar-refractivity contribution >= 4 is 27.0 Å². The summed E-state index contributed by atoms with van der Waals surface area (Å²) in [6, 6.07) is 16.9. The standard InChI is InChI=1S/C17H15BrN2/c18-13-8-6-12(7-9-13)17(10-3-11-17)16-19-14-4-1-2-5-15(14)20-16/h1-2,4-9H,3,10-11H2,(H,19,20). The Bertz CT molecular complexity index is 721. The van der Waals surface area contributed by atoms with Gasteiger partial charge in [-0.1, -0.05) is 46.6 Å². The van der Waals surface area contributed by atoms with Gasteiger partial charge >= 0.3 is 0 Å². The summed E-state index contributed by atoms with van der Waals surface area (Å²) < 4.78 is 1.13. The van der Waals surface area contributed by atoms with E-state index >= 15 is 0 Å². The van der Waals surface area contributed by atoms with Crippen LogP contribution in [0.25, 0.3) is 11.0 Å². The second kappa shape index (κ2) is 4.45. The first kappa shape index (κ1) is 12.2. The molecule has 1 aliphatic carbocycles. The number of hydrogen-bond acceptors (Lipinski definition) is 1. The summed E-state index contributed by atoms with van der Waals surface area (Å²) in [6.45, 7) is 0. The number of hydrogen-bond donors (Lipinski definition) is 1. The van der Waals surface area contributed by atoms with Gasteiger partial charge in [-0.25, -0.2) is 4.98 Å². The largest absolute Gasteiger partial charge is 0.341 e. The van der Waals surface area contributed by atoms with Crippen LogP contribution >= 0.6 is 15.9 Å². The summed E-state index contributed by atoms with van der Waals surface area (Å²) in [5.41, 5.74) is 3.64. The van der Waals surface area contributed by atoms with Crippen LogP contribution in [0.1, 0.15) is 30.7 Å². The lowest BCUT2D eigenvalue weighted by Crippen LogP contribution is -2.36. The molecule has 3 heteroatoms. The van der Waals surface area contributed by atoms with Crippen LogP contribution in [0.4, 0.5) is 0 Å². The highest BCUT2D eigenvalue weighted by Crippen LogP contribution is 2.48. The number of nitrogens with zero attached hydrogens (tertiary/aromatic N) is 1. The van der Waals surface area contributed by atoms with Gasteiger partial charge in [-0.05, 0) is 42.7 Å². The molecule has 0 amide bonds. The second-order valence-corrected chi connectivity index (χ2v) is 6.46. The smallest absolute Gasteiger partial charge is 0.117 e. The fraction of sp³-hybridized carbons (Fsp3) is 0.235. The van der Waals surface area contributed by atoms with Gasteiger partial charge in [0.15, 0.2) is 0 Å². The highest BCUT2D eigenvalue weighted by Gasteiger charge is 2.42. The number of benzene rings is 2. The molecule has 4 rings (SSSR count). The Balaban J connectivity index is 1.86. The van der Waals surface area contributed by atoms with E-state index in [2.05, 4.69) is 63.4 Å². The molecular weight excluding hydrogens is 312 g/mol. The van der Waals surface area contributed by atoms with Gasteiger partial charge in [-0.15, -0.1) is 0 Å². The number of para-hydroxylation sites is 2. The van der Waals surface area contributed by atoms with Crippen LogP contribution in [-0.2, 0) is 5.41 Å². The van der Waals surface area contributed by atoms with Crippen LogP contribution in [0.2, 0.25) is 0 Å². The van der Waals surface area contributed by atoms with E-state index in [1.807, 2.05) is 6.07 Å². The zero-order valence-electron chi connectivity index (χ0n) is 11.1. The maximum Gasteiger partial charge on any atom is 0.117 e. The molecule has 3 aromatic rings. The Hall–Kier alpha value is -1.61. The molecule has 2 nitrogen and oxygen atoms in total. The molecule has 2 aromatic carbocycles. The zero-order chi connectivity index (χ0) is 13.6. The Labute approximate surface area is 126 Å². The molecule has 0 unspecified atom stereocenters. The molecule has 1 fully saturated rings. The molecule has 1 aromatic heterocycles. The van der Waals surface area contributed by atoms with Crippen LogP contribution < -0.4 is 0 Å². The van der Waals surface area contributed by atoms with Gasteiger partial charge < -0.3 is 4.98 Å².